The van der Waals surface area contributed by atoms with E-state index in [9.17, 15) is 0 Å². The first-order valence-electron chi connectivity index (χ1n) is 7.02. The lowest BCUT2D eigenvalue weighted by atomic mass is 9.81. The van der Waals surface area contributed by atoms with Crippen molar-refractivity contribution in [3.8, 4) is 0 Å². The Kier molecular flexibility index (Phi) is 10.6. The average Bonchev–Trinajstić information content (AvgIpc) is 2.41. The van der Waals surface area contributed by atoms with Gasteiger partial charge >= 0.3 is 0 Å². The van der Waals surface area contributed by atoms with Gasteiger partial charge in [-0.3, -0.25) is 4.90 Å². The number of rotatable bonds is 12. The number of methoxy groups -OCH3 is 2. The summed E-state index contributed by atoms with van der Waals surface area (Å²) in [5, 5.41) is 3.34. The third-order valence-corrected chi connectivity index (χ3v) is 3.83. The van der Waals surface area contributed by atoms with Crippen LogP contribution in [0.1, 0.15) is 26.7 Å². The standard InChI is InChI=1S/C14H32N2O2/c1-6-14(7-2,12-15-3)13-16(8-10-17-4)9-11-18-5/h15H,6-13H2,1-5H3. The maximum absolute atomic E-state index is 5.20. The molecule has 0 spiro atoms. The van der Waals surface area contributed by atoms with Gasteiger partial charge in [-0.25, -0.2) is 0 Å². The molecule has 0 atom stereocenters. The summed E-state index contributed by atoms with van der Waals surface area (Å²) in [7, 11) is 5.55. The maximum Gasteiger partial charge on any atom is 0.0589 e. The van der Waals surface area contributed by atoms with Crippen molar-refractivity contribution in [2.75, 3.05) is 60.7 Å². The van der Waals surface area contributed by atoms with E-state index in [4.69, 9.17) is 9.47 Å². The van der Waals surface area contributed by atoms with E-state index >= 15 is 0 Å². The first-order valence-corrected chi connectivity index (χ1v) is 7.02. The molecule has 0 bridgehead atoms. The topological polar surface area (TPSA) is 33.7 Å². The molecule has 0 aliphatic carbocycles. The van der Waals surface area contributed by atoms with Crippen LogP contribution in [0.3, 0.4) is 0 Å². The smallest absolute Gasteiger partial charge is 0.0589 e. The quantitative estimate of drug-likeness (QED) is 0.578. The second-order valence-corrected chi connectivity index (χ2v) is 5.00. The number of ether oxygens (including phenoxy) is 2. The monoisotopic (exact) mass is 260 g/mol. The van der Waals surface area contributed by atoms with Gasteiger partial charge in [-0.05, 0) is 25.3 Å². The second kappa shape index (κ2) is 10.7. The molecule has 0 aromatic carbocycles. The molecular formula is C14H32N2O2. The van der Waals surface area contributed by atoms with Crippen LogP contribution < -0.4 is 5.32 Å². The molecule has 4 heteroatoms. The number of nitrogens with zero attached hydrogens (tertiary/aromatic N) is 1. The molecule has 0 amide bonds. The Hall–Kier alpha value is -0.160. The van der Waals surface area contributed by atoms with Gasteiger partial charge in [0.15, 0.2) is 0 Å². The Labute approximate surface area is 113 Å². The lowest BCUT2D eigenvalue weighted by molar-refractivity contribution is 0.0748. The molecule has 110 valence electrons. The maximum atomic E-state index is 5.20. The summed E-state index contributed by atoms with van der Waals surface area (Å²) in [6.07, 6.45) is 2.39. The van der Waals surface area contributed by atoms with Crippen molar-refractivity contribution in [3.05, 3.63) is 0 Å². The Balaban J connectivity index is 4.45. The zero-order valence-corrected chi connectivity index (χ0v) is 12.9. The molecule has 0 radical (unpaired) electrons. The molecular weight excluding hydrogens is 228 g/mol. The van der Waals surface area contributed by atoms with Gasteiger partial charge in [-0.2, -0.15) is 0 Å². The van der Waals surface area contributed by atoms with Gasteiger partial charge in [0.05, 0.1) is 13.2 Å². The average molecular weight is 260 g/mol. The van der Waals surface area contributed by atoms with Crippen molar-refractivity contribution in [1.82, 2.24) is 10.2 Å². The highest BCUT2D eigenvalue weighted by Crippen LogP contribution is 2.26. The molecule has 0 aromatic rings. The molecule has 18 heavy (non-hydrogen) atoms. The summed E-state index contributed by atoms with van der Waals surface area (Å²) in [5.74, 6) is 0. The van der Waals surface area contributed by atoms with Crippen LogP contribution in [0.5, 0.6) is 0 Å². The van der Waals surface area contributed by atoms with Crippen molar-refractivity contribution in [2.24, 2.45) is 5.41 Å². The zero-order valence-electron chi connectivity index (χ0n) is 12.9. The summed E-state index contributed by atoms with van der Waals surface area (Å²) in [6, 6.07) is 0. The summed E-state index contributed by atoms with van der Waals surface area (Å²) in [4.78, 5) is 2.46. The van der Waals surface area contributed by atoms with Gasteiger partial charge in [-0.15, -0.1) is 0 Å². The minimum Gasteiger partial charge on any atom is -0.383 e. The fourth-order valence-electron chi connectivity index (χ4n) is 2.34. The third-order valence-electron chi connectivity index (χ3n) is 3.83. The second-order valence-electron chi connectivity index (χ2n) is 5.00. The van der Waals surface area contributed by atoms with Gasteiger partial charge in [-0.1, -0.05) is 13.8 Å². The summed E-state index contributed by atoms with van der Waals surface area (Å²) >= 11 is 0. The highest BCUT2D eigenvalue weighted by Gasteiger charge is 2.27. The van der Waals surface area contributed by atoms with Crippen LogP contribution in [0.15, 0.2) is 0 Å². The van der Waals surface area contributed by atoms with Crippen LogP contribution in [0.25, 0.3) is 0 Å². The highest BCUT2D eigenvalue weighted by molar-refractivity contribution is 4.82. The summed E-state index contributed by atoms with van der Waals surface area (Å²) < 4.78 is 10.4. The van der Waals surface area contributed by atoms with Crippen LogP contribution in [0.2, 0.25) is 0 Å². The van der Waals surface area contributed by atoms with Crippen molar-refractivity contribution >= 4 is 0 Å². The molecule has 0 saturated heterocycles. The van der Waals surface area contributed by atoms with Gasteiger partial charge in [0.25, 0.3) is 0 Å². The van der Waals surface area contributed by atoms with Crippen molar-refractivity contribution in [3.63, 3.8) is 0 Å². The van der Waals surface area contributed by atoms with E-state index < -0.39 is 0 Å². The molecule has 0 aromatic heterocycles. The first-order chi connectivity index (χ1) is 8.67. The molecule has 0 unspecified atom stereocenters. The molecule has 0 heterocycles. The van der Waals surface area contributed by atoms with Gasteiger partial charge < -0.3 is 14.8 Å². The van der Waals surface area contributed by atoms with Crippen LogP contribution in [-0.2, 0) is 9.47 Å². The van der Waals surface area contributed by atoms with Crippen LogP contribution in [0.4, 0.5) is 0 Å². The third kappa shape index (κ3) is 6.69. The van der Waals surface area contributed by atoms with Crippen molar-refractivity contribution in [1.29, 1.82) is 0 Å². The number of hydrogen-bond acceptors (Lipinski definition) is 4. The predicted octanol–water partition coefficient (Wildman–Crippen LogP) is 1.61. The van der Waals surface area contributed by atoms with E-state index in [0.717, 1.165) is 39.4 Å². The molecule has 0 rings (SSSR count). The van der Waals surface area contributed by atoms with Gasteiger partial charge in [0.1, 0.15) is 0 Å². The summed E-state index contributed by atoms with van der Waals surface area (Å²) in [6.45, 7) is 10.3. The van der Waals surface area contributed by atoms with E-state index in [0.29, 0.717) is 5.41 Å². The molecule has 4 nitrogen and oxygen atoms in total. The van der Waals surface area contributed by atoms with Gasteiger partial charge in [0, 0.05) is 40.4 Å². The van der Waals surface area contributed by atoms with E-state index in [1.54, 1.807) is 14.2 Å². The first kappa shape index (κ1) is 17.8. The Morgan fingerprint density at radius 2 is 1.50 bits per heavy atom. The van der Waals surface area contributed by atoms with Crippen LogP contribution in [-0.4, -0.2) is 65.6 Å². The van der Waals surface area contributed by atoms with Crippen LogP contribution >= 0.6 is 0 Å². The molecule has 0 aliphatic heterocycles. The van der Waals surface area contributed by atoms with Crippen molar-refractivity contribution < 1.29 is 9.47 Å². The van der Waals surface area contributed by atoms with Gasteiger partial charge in [0.2, 0.25) is 0 Å². The van der Waals surface area contributed by atoms with Crippen molar-refractivity contribution in [2.45, 2.75) is 26.7 Å². The SMILES string of the molecule is CCC(CC)(CNC)CN(CCOC)CCOC. The Morgan fingerprint density at radius 3 is 1.83 bits per heavy atom. The minimum atomic E-state index is 0.357. The lowest BCUT2D eigenvalue weighted by Crippen LogP contribution is -2.45. The largest absolute Gasteiger partial charge is 0.383 e. The highest BCUT2D eigenvalue weighted by atomic mass is 16.5. The van der Waals surface area contributed by atoms with E-state index in [-0.39, 0.29) is 0 Å². The van der Waals surface area contributed by atoms with Crippen LogP contribution in [0, 0.1) is 5.41 Å². The van der Waals surface area contributed by atoms with E-state index in [1.807, 2.05) is 7.05 Å². The molecule has 0 fully saturated rings. The van der Waals surface area contributed by atoms with E-state index in [2.05, 4.69) is 24.1 Å². The molecule has 0 aliphatic rings. The molecule has 0 saturated carbocycles. The predicted molar refractivity (Wildman–Crippen MR) is 77.1 cm³/mol. The summed E-state index contributed by atoms with van der Waals surface area (Å²) in [5.41, 5.74) is 0.357. The van der Waals surface area contributed by atoms with E-state index in [1.165, 1.54) is 12.8 Å². The Bertz CT molecular complexity index is 177. The fourth-order valence-corrected chi connectivity index (χ4v) is 2.34. The lowest BCUT2D eigenvalue weighted by Gasteiger charge is -2.37. The fraction of sp³-hybridized carbons (Fsp3) is 1.00. The molecule has 1 N–H and O–H groups in total. The Morgan fingerprint density at radius 1 is 1.00 bits per heavy atom. The number of hydrogen-bond donors (Lipinski definition) is 1. The zero-order chi connectivity index (χ0) is 13.9. The normalized spacial score (nSPS) is 12.3. The minimum absolute atomic E-state index is 0.357. The number of nitrogens with one attached hydrogen (secondary N) is 1.